The van der Waals surface area contributed by atoms with Crippen LogP contribution in [0.3, 0.4) is 0 Å². The van der Waals surface area contributed by atoms with E-state index in [2.05, 4.69) is 4.74 Å². The van der Waals surface area contributed by atoms with Crippen molar-refractivity contribution in [2.24, 2.45) is 0 Å². The summed E-state index contributed by atoms with van der Waals surface area (Å²) in [6, 6.07) is 0. The quantitative estimate of drug-likeness (QED) is 0.612. The molecule has 1 rings (SSSR count). The normalized spacial score (nSPS) is 11.4. The van der Waals surface area contributed by atoms with Gasteiger partial charge in [-0.25, -0.2) is 13.2 Å². The van der Waals surface area contributed by atoms with Gasteiger partial charge < -0.3 is 4.74 Å². The van der Waals surface area contributed by atoms with Crippen LogP contribution < -0.4 is 0 Å². The fourth-order valence-electron chi connectivity index (χ4n) is 0.783. The van der Waals surface area contributed by atoms with Crippen LogP contribution in [0.25, 0.3) is 0 Å². The number of carbonyl (C=O) groups is 1. The van der Waals surface area contributed by atoms with Crippen molar-refractivity contribution in [1.82, 2.24) is 0 Å². The minimum absolute atomic E-state index is 0.0149. The van der Waals surface area contributed by atoms with E-state index in [1.165, 1.54) is 5.38 Å². The van der Waals surface area contributed by atoms with Gasteiger partial charge in [-0.15, -0.1) is 11.3 Å². The highest BCUT2D eigenvalue weighted by Gasteiger charge is 2.26. The molecule has 0 atom stereocenters. The first-order valence-corrected chi connectivity index (χ1v) is 6.74. The van der Waals surface area contributed by atoms with Gasteiger partial charge in [0.15, 0.2) is 4.21 Å². The molecule has 0 aliphatic heterocycles. The van der Waals surface area contributed by atoms with E-state index in [4.69, 9.17) is 22.3 Å². The highest BCUT2D eigenvalue weighted by Crippen LogP contribution is 2.33. The molecule has 8 heteroatoms. The van der Waals surface area contributed by atoms with Crippen molar-refractivity contribution in [3.63, 3.8) is 0 Å². The van der Waals surface area contributed by atoms with Crippen molar-refractivity contribution in [3.8, 4) is 0 Å². The molecule has 0 radical (unpaired) electrons. The minimum atomic E-state index is -3.96. The molecule has 0 saturated heterocycles. The number of ether oxygens (including phenoxy) is 1. The Bertz CT molecular complexity index is 462. The van der Waals surface area contributed by atoms with Gasteiger partial charge in [0.1, 0.15) is 5.56 Å². The number of carbonyl (C=O) groups excluding carboxylic acids is 1. The Morgan fingerprint density at radius 3 is 2.57 bits per heavy atom. The fraction of sp³-hybridized carbons (Fsp3) is 0.167. The summed E-state index contributed by atoms with van der Waals surface area (Å²) in [6.45, 7) is 0. The van der Waals surface area contributed by atoms with Gasteiger partial charge in [0.25, 0.3) is 9.05 Å². The number of rotatable bonds is 2. The summed E-state index contributed by atoms with van der Waals surface area (Å²) < 4.78 is 26.1. The molecule has 0 spiro atoms. The van der Waals surface area contributed by atoms with E-state index in [0.29, 0.717) is 0 Å². The average Bonchev–Trinajstić information content (AvgIpc) is 2.45. The van der Waals surface area contributed by atoms with Crippen LogP contribution in [0, 0.1) is 0 Å². The zero-order chi connectivity index (χ0) is 10.9. The molecule has 1 aromatic rings. The SMILES string of the molecule is COC(=O)c1c(Cl)csc1S(=O)(=O)Cl. The molecule has 1 aromatic heterocycles. The van der Waals surface area contributed by atoms with Crippen molar-refractivity contribution in [2.75, 3.05) is 7.11 Å². The number of methoxy groups -OCH3 is 1. The lowest BCUT2D eigenvalue weighted by molar-refractivity contribution is 0.0597. The van der Waals surface area contributed by atoms with Gasteiger partial charge in [0.05, 0.1) is 12.1 Å². The molecule has 0 amide bonds. The van der Waals surface area contributed by atoms with Crippen molar-refractivity contribution in [1.29, 1.82) is 0 Å². The summed E-state index contributed by atoms with van der Waals surface area (Å²) in [5.74, 6) is -0.824. The van der Waals surface area contributed by atoms with Gasteiger partial charge >= 0.3 is 5.97 Å². The Morgan fingerprint density at radius 1 is 1.57 bits per heavy atom. The van der Waals surface area contributed by atoms with Gasteiger partial charge in [-0.1, -0.05) is 11.6 Å². The molecule has 0 aliphatic carbocycles. The third-order valence-corrected chi connectivity index (χ3v) is 4.85. The Labute approximate surface area is 93.8 Å². The molecular weight excluding hydrogens is 271 g/mol. The summed E-state index contributed by atoms with van der Waals surface area (Å²) in [5.41, 5.74) is -0.214. The Hall–Kier alpha value is -0.300. The largest absolute Gasteiger partial charge is 0.465 e. The molecule has 1 heterocycles. The summed E-state index contributed by atoms with van der Waals surface area (Å²) in [5, 5.41) is 1.32. The van der Waals surface area contributed by atoms with Crippen molar-refractivity contribution in [2.45, 2.75) is 4.21 Å². The second-order valence-electron chi connectivity index (χ2n) is 2.18. The molecule has 0 fully saturated rings. The molecule has 0 N–H and O–H groups in total. The van der Waals surface area contributed by atoms with Crippen LogP contribution in [-0.4, -0.2) is 21.5 Å². The second-order valence-corrected chi connectivity index (χ2v) is 6.22. The van der Waals surface area contributed by atoms with E-state index < -0.39 is 15.0 Å². The standard InChI is InChI=1S/C6H4Cl2O4S2/c1-12-5(9)4-3(7)2-13-6(4)14(8,10)11/h2H,1H3. The maximum Gasteiger partial charge on any atom is 0.341 e. The highest BCUT2D eigenvalue weighted by atomic mass is 35.7. The summed E-state index contributed by atoms with van der Waals surface area (Å²) in [4.78, 5) is 11.1. The Balaban J connectivity index is 3.42. The van der Waals surface area contributed by atoms with Crippen LogP contribution >= 0.6 is 33.6 Å². The van der Waals surface area contributed by atoms with E-state index in [-0.39, 0.29) is 14.8 Å². The predicted molar refractivity (Wildman–Crippen MR) is 53.7 cm³/mol. The maximum atomic E-state index is 11.1. The topological polar surface area (TPSA) is 60.4 Å². The Morgan fingerprint density at radius 2 is 2.14 bits per heavy atom. The third-order valence-electron chi connectivity index (χ3n) is 1.32. The molecule has 0 aromatic carbocycles. The van der Waals surface area contributed by atoms with Crippen LogP contribution in [0.5, 0.6) is 0 Å². The fourth-order valence-corrected chi connectivity index (χ4v) is 3.44. The smallest absolute Gasteiger partial charge is 0.341 e. The molecule has 0 unspecified atom stereocenters. The second kappa shape index (κ2) is 4.06. The van der Waals surface area contributed by atoms with Crippen LogP contribution in [0.15, 0.2) is 9.59 Å². The van der Waals surface area contributed by atoms with Gasteiger partial charge in [0.2, 0.25) is 0 Å². The first-order valence-electron chi connectivity index (χ1n) is 3.18. The van der Waals surface area contributed by atoms with Gasteiger partial charge in [0, 0.05) is 16.1 Å². The van der Waals surface area contributed by atoms with Crippen molar-refractivity contribution >= 4 is 48.6 Å². The van der Waals surface area contributed by atoms with Crippen LogP contribution in [0.1, 0.15) is 10.4 Å². The monoisotopic (exact) mass is 274 g/mol. The summed E-state index contributed by atoms with van der Waals surface area (Å²) in [7, 11) is 2.26. The molecular formula is C6H4Cl2O4S2. The zero-order valence-corrected chi connectivity index (χ0v) is 9.93. The number of halogens is 2. The summed E-state index contributed by atoms with van der Waals surface area (Å²) >= 11 is 6.39. The van der Waals surface area contributed by atoms with Gasteiger partial charge in [-0.3, -0.25) is 0 Å². The third kappa shape index (κ3) is 2.20. The van der Waals surface area contributed by atoms with Gasteiger partial charge in [-0.05, 0) is 0 Å². The number of hydrogen-bond donors (Lipinski definition) is 0. The van der Waals surface area contributed by atoms with Gasteiger partial charge in [-0.2, -0.15) is 0 Å². The Kier molecular flexibility index (Phi) is 3.41. The first-order chi connectivity index (χ1) is 6.38. The summed E-state index contributed by atoms with van der Waals surface area (Å²) in [6.07, 6.45) is 0. The zero-order valence-electron chi connectivity index (χ0n) is 6.78. The average molecular weight is 275 g/mol. The van der Waals surface area contributed by atoms with Crippen molar-refractivity contribution in [3.05, 3.63) is 16.0 Å². The number of esters is 1. The van der Waals surface area contributed by atoms with E-state index >= 15 is 0 Å². The number of hydrogen-bond acceptors (Lipinski definition) is 5. The lowest BCUT2D eigenvalue weighted by atomic mass is 10.3. The van der Waals surface area contributed by atoms with Crippen LogP contribution in [0.4, 0.5) is 0 Å². The number of thiophene rings is 1. The predicted octanol–water partition coefficient (Wildman–Crippen LogP) is 2.12. The molecule has 0 bridgehead atoms. The van der Waals surface area contributed by atoms with Crippen molar-refractivity contribution < 1.29 is 17.9 Å². The van der Waals surface area contributed by atoms with E-state index in [0.717, 1.165) is 18.4 Å². The molecule has 78 valence electrons. The van der Waals surface area contributed by atoms with E-state index in [9.17, 15) is 13.2 Å². The maximum absolute atomic E-state index is 11.1. The van der Waals surface area contributed by atoms with Crippen LogP contribution in [0.2, 0.25) is 5.02 Å². The minimum Gasteiger partial charge on any atom is -0.465 e. The molecule has 4 nitrogen and oxygen atoms in total. The lowest BCUT2D eigenvalue weighted by Gasteiger charge is -1.98. The molecule has 0 aliphatic rings. The van der Waals surface area contributed by atoms with E-state index in [1.54, 1.807) is 0 Å². The molecule has 14 heavy (non-hydrogen) atoms. The lowest BCUT2D eigenvalue weighted by Crippen LogP contribution is -2.04. The van der Waals surface area contributed by atoms with E-state index in [1.807, 2.05) is 0 Å². The first kappa shape index (κ1) is 11.8. The molecule has 0 saturated carbocycles. The van der Waals surface area contributed by atoms with Crippen LogP contribution in [-0.2, 0) is 13.8 Å². The highest BCUT2D eigenvalue weighted by molar-refractivity contribution is 8.15.